The van der Waals surface area contributed by atoms with Gasteiger partial charge in [-0.1, -0.05) is 12.1 Å². The lowest BCUT2D eigenvalue weighted by Gasteiger charge is -2.29. The molecule has 1 aromatic carbocycles. The predicted molar refractivity (Wildman–Crippen MR) is 79.7 cm³/mol. The van der Waals surface area contributed by atoms with E-state index in [9.17, 15) is 9.90 Å². The smallest absolute Gasteiger partial charge is 0.335 e. The van der Waals surface area contributed by atoms with Gasteiger partial charge in [0.25, 0.3) is 0 Å². The summed E-state index contributed by atoms with van der Waals surface area (Å²) < 4.78 is 10.5. The Bertz CT molecular complexity index is 475. The molecule has 1 aliphatic heterocycles. The third-order valence-electron chi connectivity index (χ3n) is 3.76. The van der Waals surface area contributed by atoms with Crippen molar-refractivity contribution in [1.82, 2.24) is 4.90 Å². The van der Waals surface area contributed by atoms with Crippen molar-refractivity contribution in [3.05, 3.63) is 34.9 Å². The normalized spacial score (nSPS) is 14.9. The van der Waals surface area contributed by atoms with E-state index in [0.717, 1.165) is 56.8 Å². The molecule has 0 atom stereocenters. The van der Waals surface area contributed by atoms with Crippen molar-refractivity contribution in [2.75, 3.05) is 40.0 Å². The molecule has 0 spiro atoms. The zero-order valence-electron chi connectivity index (χ0n) is 12.5. The standard InChI is InChI=1S/C16H23NO4/c1-20-9-3-10-21-11-8-17-7-6-14-13(12-17)4-2-5-15(14)16(18)19/h2,4-5H,3,6-12H2,1H3,(H,18,19). The Hall–Kier alpha value is -1.43. The van der Waals surface area contributed by atoms with Crippen LogP contribution in [0.25, 0.3) is 0 Å². The van der Waals surface area contributed by atoms with Crippen molar-refractivity contribution in [2.45, 2.75) is 19.4 Å². The molecule has 21 heavy (non-hydrogen) atoms. The molecule has 0 fully saturated rings. The van der Waals surface area contributed by atoms with Gasteiger partial charge in [-0.2, -0.15) is 0 Å². The van der Waals surface area contributed by atoms with Gasteiger partial charge in [0.15, 0.2) is 0 Å². The zero-order chi connectivity index (χ0) is 15.1. The minimum absolute atomic E-state index is 0.447. The summed E-state index contributed by atoms with van der Waals surface area (Å²) in [5.41, 5.74) is 2.56. The highest BCUT2D eigenvalue weighted by Gasteiger charge is 2.20. The number of hydrogen-bond acceptors (Lipinski definition) is 4. The maximum Gasteiger partial charge on any atom is 0.335 e. The third-order valence-corrected chi connectivity index (χ3v) is 3.76. The van der Waals surface area contributed by atoms with Gasteiger partial charge in [-0.25, -0.2) is 4.79 Å². The van der Waals surface area contributed by atoms with Crippen LogP contribution in [0, 0.1) is 0 Å². The molecule has 0 saturated carbocycles. The van der Waals surface area contributed by atoms with Crippen LogP contribution in [0.2, 0.25) is 0 Å². The fourth-order valence-electron chi connectivity index (χ4n) is 2.66. The molecule has 0 aromatic heterocycles. The summed E-state index contributed by atoms with van der Waals surface area (Å²) in [6.45, 7) is 4.73. The highest BCUT2D eigenvalue weighted by molar-refractivity contribution is 5.89. The minimum atomic E-state index is -0.832. The quantitative estimate of drug-likeness (QED) is 0.741. The average Bonchev–Trinajstić information content (AvgIpc) is 2.49. The largest absolute Gasteiger partial charge is 0.478 e. The summed E-state index contributed by atoms with van der Waals surface area (Å²) in [7, 11) is 1.69. The van der Waals surface area contributed by atoms with E-state index < -0.39 is 5.97 Å². The lowest BCUT2D eigenvalue weighted by molar-refractivity contribution is 0.0691. The van der Waals surface area contributed by atoms with E-state index >= 15 is 0 Å². The number of fused-ring (bicyclic) bond motifs is 1. The van der Waals surface area contributed by atoms with E-state index in [4.69, 9.17) is 9.47 Å². The highest BCUT2D eigenvalue weighted by atomic mass is 16.5. The van der Waals surface area contributed by atoms with Gasteiger partial charge in [-0.15, -0.1) is 0 Å². The lowest BCUT2D eigenvalue weighted by atomic mass is 9.94. The first-order valence-corrected chi connectivity index (χ1v) is 7.35. The first-order chi connectivity index (χ1) is 10.2. The molecule has 1 aliphatic rings. The van der Waals surface area contributed by atoms with Gasteiger partial charge in [0.05, 0.1) is 12.2 Å². The van der Waals surface area contributed by atoms with Crippen molar-refractivity contribution in [3.8, 4) is 0 Å². The van der Waals surface area contributed by atoms with Crippen molar-refractivity contribution in [1.29, 1.82) is 0 Å². The second-order valence-electron chi connectivity index (χ2n) is 5.23. The number of ether oxygens (including phenoxy) is 2. The Labute approximate surface area is 125 Å². The van der Waals surface area contributed by atoms with Crippen molar-refractivity contribution < 1.29 is 19.4 Å². The second kappa shape index (κ2) is 8.12. The summed E-state index contributed by atoms with van der Waals surface area (Å²) in [6, 6.07) is 5.54. The van der Waals surface area contributed by atoms with Gasteiger partial charge in [-0.3, -0.25) is 4.90 Å². The molecular weight excluding hydrogens is 270 g/mol. The van der Waals surface area contributed by atoms with Crippen molar-refractivity contribution in [2.24, 2.45) is 0 Å². The Morgan fingerprint density at radius 3 is 2.95 bits per heavy atom. The summed E-state index contributed by atoms with van der Waals surface area (Å²) in [4.78, 5) is 13.5. The van der Waals surface area contributed by atoms with E-state index in [1.54, 1.807) is 13.2 Å². The molecule has 1 heterocycles. The Kier molecular flexibility index (Phi) is 6.17. The van der Waals surface area contributed by atoms with Crippen LogP contribution in [0.1, 0.15) is 27.9 Å². The maximum atomic E-state index is 11.2. The summed E-state index contributed by atoms with van der Waals surface area (Å²) in [5.74, 6) is -0.832. The molecule has 0 bridgehead atoms. The molecular formula is C16H23NO4. The van der Waals surface area contributed by atoms with Gasteiger partial charge >= 0.3 is 5.97 Å². The monoisotopic (exact) mass is 293 g/mol. The molecule has 5 heteroatoms. The number of carboxylic acids is 1. The lowest BCUT2D eigenvalue weighted by Crippen LogP contribution is -2.34. The number of aromatic carboxylic acids is 1. The number of rotatable bonds is 8. The molecule has 116 valence electrons. The highest BCUT2D eigenvalue weighted by Crippen LogP contribution is 2.22. The molecule has 5 nitrogen and oxygen atoms in total. The predicted octanol–water partition coefficient (Wildman–Crippen LogP) is 1.80. The molecule has 1 aromatic rings. The molecule has 0 saturated heterocycles. The Balaban J connectivity index is 1.80. The van der Waals surface area contributed by atoms with E-state index in [1.165, 1.54) is 0 Å². The number of methoxy groups -OCH3 is 1. The van der Waals surface area contributed by atoms with Crippen LogP contribution in [0.4, 0.5) is 0 Å². The molecule has 0 aliphatic carbocycles. The van der Waals surface area contributed by atoms with Crippen LogP contribution in [0.3, 0.4) is 0 Å². The zero-order valence-corrected chi connectivity index (χ0v) is 12.5. The molecule has 2 rings (SSSR count). The molecule has 0 unspecified atom stereocenters. The second-order valence-corrected chi connectivity index (χ2v) is 5.23. The first kappa shape index (κ1) is 15.9. The third kappa shape index (κ3) is 4.52. The van der Waals surface area contributed by atoms with Crippen LogP contribution in [-0.4, -0.2) is 56.0 Å². The van der Waals surface area contributed by atoms with E-state index in [-0.39, 0.29) is 0 Å². The van der Waals surface area contributed by atoms with Crippen molar-refractivity contribution in [3.63, 3.8) is 0 Å². The number of carboxylic acid groups (broad SMARTS) is 1. The van der Waals surface area contributed by atoms with Crippen LogP contribution in [0.15, 0.2) is 18.2 Å². The van der Waals surface area contributed by atoms with Crippen LogP contribution >= 0.6 is 0 Å². The Morgan fingerprint density at radius 1 is 1.33 bits per heavy atom. The fourth-order valence-corrected chi connectivity index (χ4v) is 2.66. The number of nitrogens with zero attached hydrogens (tertiary/aromatic N) is 1. The van der Waals surface area contributed by atoms with Gasteiger partial charge in [0, 0.05) is 40.0 Å². The summed E-state index contributed by atoms with van der Waals surface area (Å²) in [5, 5.41) is 9.21. The summed E-state index contributed by atoms with van der Waals surface area (Å²) >= 11 is 0. The van der Waals surface area contributed by atoms with Crippen LogP contribution < -0.4 is 0 Å². The average molecular weight is 293 g/mol. The minimum Gasteiger partial charge on any atom is -0.478 e. The maximum absolute atomic E-state index is 11.2. The van der Waals surface area contributed by atoms with Gasteiger partial charge < -0.3 is 14.6 Å². The molecule has 0 amide bonds. The van der Waals surface area contributed by atoms with E-state index in [0.29, 0.717) is 12.2 Å². The van der Waals surface area contributed by atoms with E-state index in [1.807, 2.05) is 12.1 Å². The van der Waals surface area contributed by atoms with Gasteiger partial charge in [0.2, 0.25) is 0 Å². The Morgan fingerprint density at radius 2 is 2.19 bits per heavy atom. The van der Waals surface area contributed by atoms with Crippen LogP contribution in [-0.2, 0) is 22.4 Å². The SMILES string of the molecule is COCCCOCCN1CCc2c(cccc2C(=O)O)C1. The van der Waals surface area contributed by atoms with Gasteiger partial charge in [-0.05, 0) is 30.0 Å². The van der Waals surface area contributed by atoms with Gasteiger partial charge in [0.1, 0.15) is 0 Å². The van der Waals surface area contributed by atoms with Crippen LogP contribution in [0.5, 0.6) is 0 Å². The topological polar surface area (TPSA) is 59.0 Å². The number of carbonyl (C=O) groups is 1. The van der Waals surface area contributed by atoms with E-state index in [2.05, 4.69) is 4.90 Å². The number of hydrogen-bond donors (Lipinski definition) is 1. The van der Waals surface area contributed by atoms with Crippen molar-refractivity contribution >= 4 is 5.97 Å². The molecule has 1 N–H and O–H groups in total. The fraction of sp³-hybridized carbons (Fsp3) is 0.562. The number of benzene rings is 1. The first-order valence-electron chi connectivity index (χ1n) is 7.35. The molecule has 0 radical (unpaired) electrons. The summed E-state index contributed by atoms with van der Waals surface area (Å²) in [6.07, 6.45) is 1.71.